The fourth-order valence-corrected chi connectivity index (χ4v) is 2.35. The van der Waals surface area contributed by atoms with Gasteiger partial charge in [-0.2, -0.15) is 5.10 Å². The Labute approximate surface area is 108 Å². The van der Waals surface area contributed by atoms with Crippen LogP contribution in [0.25, 0.3) is 0 Å². The van der Waals surface area contributed by atoms with Crippen molar-refractivity contribution in [3.63, 3.8) is 0 Å². The van der Waals surface area contributed by atoms with E-state index in [4.69, 9.17) is 0 Å². The highest BCUT2D eigenvalue weighted by Crippen LogP contribution is 2.18. The molecule has 1 unspecified atom stereocenters. The summed E-state index contributed by atoms with van der Waals surface area (Å²) >= 11 is 0. The number of carbonyl (C=O) groups is 1. The third kappa shape index (κ3) is 2.56. The molecule has 0 aromatic carbocycles. The Hall–Kier alpha value is -1.36. The van der Waals surface area contributed by atoms with Crippen LogP contribution in [0.5, 0.6) is 0 Å². The summed E-state index contributed by atoms with van der Waals surface area (Å²) in [6, 6.07) is 0.245. The number of carbonyl (C=O) groups excluding carboxylic acids is 1. The van der Waals surface area contributed by atoms with Crippen molar-refractivity contribution < 1.29 is 4.79 Å². The Morgan fingerprint density at radius 3 is 2.78 bits per heavy atom. The number of amides is 1. The second kappa shape index (κ2) is 4.72. The van der Waals surface area contributed by atoms with Gasteiger partial charge in [0, 0.05) is 18.3 Å². The van der Waals surface area contributed by atoms with Crippen molar-refractivity contribution in [1.82, 2.24) is 20.4 Å². The molecule has 18 heavy (non-hydrogen) atoms. The molecule has 1 fully saturated rings. The Morgan fingerprint density at radius 2 is 2.28 bits per heavy atom. The zero-order valence-corrected chi connectivity index (χ0v) is 11.6. The zero-order chi connectivity index (χ0) is 13.3. The first-order chi connectivity index (χ1) is 8.39. The lowest BCUT2D eigenvalue weighted by atomic mass is 10.1. The van der Waals surface area contributed by atoms with Crippen LogP contribution in [0.15, 0.2) is 6.20 Å². The molecule has 0 aliphatic carbocycles. The number of rotatable bonds is 2. The van der Waals surface area contributed by atoms with Gasteiger partial charge in [-0.15, -0.1) is 0 Å². The topological polar surface area (TPSA) is 59.0 Å². The predicted molar refractivity (Wildman–Crippen MR) is 70.7 cm³/mol. The third-order valence-corrected chi connectivity index (χ3v) is 3.29. The van der Waals surface area contributed by atoms with Gasteiger partial charge in [-0.1, -0.05) is 0 Å². The van der Waals surface area contributed by atoms with Crippen molar-refractivity contribution in [2.24, 2.45) is 0 Å². The quantitative estimate of drug-likeness (QED) is 0.824. The molecular weight excluding hydrogens is 228 g/mol. The van der Waals surface area contributed by atoms with Gasteiger partial charge >= 0.3 is 0 Å². The van der Waals surface area contributed by atoms with Crippen molar-refractivity contribution >= 4 is 5.91 Å². The van der Waals surface area contributed by atoms with E-state index in [1.165, 1.54) is 0 Å². The molecule has 0 saturated carbocycles. The van der Waals surface area contributed by atoms with E-state index in [1.54, 1.807) is 6.20 Å². The average molecular weight is 250 g/mol. The molecule has 1 atom stereocenters. The first-order valence-corrected chi connectivity index (χ1v) is 6.46. The lowest BCUT2D eigenvalue weighted by molar-refractivity contribution is 0.0939. The van der Waals surface area contributed by atoms with Gasteiger partial charge in [-0.3, -0.25) is 9.48 Å². The Kier molecular flexibility index (Phi) is 3.43. The number of hydrogen-bond acceptors (Lipinski definition) is 3. The maximum absolute atomic E-state index is 12.2. The van der Waals surface area contributed by atoms with Gasteiger partial charge in [0.25, 0.3) is 5.91 Å². The monoisotopic (exact) mass is 250 g/mol. The summed E-state index contributed by atoms with van der Waals surface area (Å²) in [7, 11) is 0. The van der Waals surface area contributed by atoms with E-state index in [9.17, 15) is 4.79 Å². The normalized spacial score (nSPS) is 20.1. The summed E-state index contributed by atoms with van der Waals surface area (Å²) in [5, 5.41) is 10.6. The first-order valence-electron chi connectivity index (χ1n) is 6.46. The van der Waals surface area contributed by atoms with Gasteiger partial charge in [-0.05, 0) is 40.7 Å². The van der Waals surface area contributed by atoms with E-state index in [-0.39, 0.29) is 17.5 Å². The Balaban J connectivity index is 2.13. The first kappa shape index (κ1) is 13.1. The summed E-state index contributed by atoms with van der Waals surface area (Å²) in [6.07, 6.45) is 2.66. The van der Waals surface area contributed by atoms with Crippen LogP contribution in [0.1, 0.15) is 43.2 Å². The zero-order valence-electron chi connectivity index (χ0n) is 11.6. The molecule has 2 N–H and O–H groups in total. The summed E-state index contributed by atoms with van der Waals surface area (Å²) in [5.41, 5.74) is 1.50. The molecule has 5 nitrogen and oxygen atoms in total. The van der Waals surface area contributed by atoms with Crippen LogP contribution in [-0.2, 0) is 5.54 Å². The van der Waals surface area contributed by atoms with E-state index < -0.39 is 0 Å². The van der Waals surface area contributed by atoms with Crippen LogP contribution < -0.4 is 10.6 Å². The third-order valence-electron chi connectivity index (χ3n) is 3.29. The predicted octanol–water partition coefficient (Wildman–Crippen LogP) is 1.04. The molecule has 0 spiro atoms. The molecule has 1 aromatic heterocycles. The van der Waals surface area contributed by atoms with E-state index >= 15 is 0 Å². The van der Waals surface area contributed by atoms with E-state index in [2.05, 4.69) is 36.5 Å². The molecule has 1 aliphatic rings. The van der Waals surface area contributed by atoms with Gasteiger partial charge in [0.2, 0.25) is 0 Å². The van der Waals surface area contributed by atoms with Gasteiger partial charge in [0.15, 0.2) is 0 Å². The molecule has 1 amide bonds. The SMILES string of the molecule is Cc1c(C(=O)NC2CCNC2)cnn1C(C)(C)C. The largest absolute Gasteiger partial charge is 0.348 e. The van der Waals surface area contributed by atoms with Crippen LogP contribution in [0.2, 0.25) is 0 Å². The lowest BCUT2D eigenvalue weighted by Crippen LogP contribution is -2.36. The summed E-state index contributed by atoms with van der Waals surface area (Å²) in [6.45, 7) is 10.0. The molecule has 0 bridgehead atoms. The number of nitrogens with one attached hydrogen (secondary N) is 2. The molecule has 100 valence electrons. The molecule has 5 heteroatoms. The minimum absolute atomic E-state index is 0.0169. The minimum Gasteiger partial charge on any atom is -0.348 e. The van der Waals surface area contributed by atoms with Crippen LogP contribution in [0, 0.1) is 6.92 Å². The molecule has 1 aromatic rings. The summed E-state index contributed by atoms with van der Waals surface area (Å²) < 4.78 is 1.90. The standard InChI is InChI=1S/C13H22N4O/c1-9-11(8-15-17(9)13(2,3)4)12(18)16-10-5-6-14-7-10/h8,10,14H,5-7H2,1-4H3,(H,16,18). The van der Waals surface area contributed by atoms with Crippen molar-refractivity contribution in [2.45, 2.75) is 45.7 Å². The highest BCUT2D eigenvalue weighted by atomic mass is 16.1. The summed E-state index contributed by atoms with van der Waals surface area (Å²) in [5.74, 6) is -0.0169. The van der Waals surface area contributed by atoms with E-state index in [0.717, 1.165) is 25.2 Å². The second-order valence-corrected chi connectivity index (χ2v) is 5.89. The maximum atomic E-state index is 12.2. The highest BCUT2D eigenvalue weighted by molar-refractivity contribution is 5.95. The molecule has 2 heterocycles. The van der Waals surface area contributed by atoms with E-state index in [1.807, 2.05) is 11.6 Å². The minimum atomic E-state index is -0.0997. The van der Waals surface area contributed by atoms with Gasteiger partial charge in [-0.25, -0.2) is 0 Å². The van der Waals surface area contributed by atoms with Crippen molar-refractivity contribution in [1.29, 1.82) is 0 Å². The van der Waals surface area contributed by atoms with Crippen molar-refractivity contribution in [3.05, 3.63) is 17.5 Å². The maximum Gasteiger partial charge on any atom is 0.255 e. The highest BCUT2D eigenvalue weighted by Gasteiger charge is 2.23. The van der Waals surface area contributed by atoms with Gasteiger partial charge < -0.3 is 10.6 Å². The molecular formula is C13H22N4O. The smallest absolute Gasteiger partial charge is 0.255 e. The lowest BCUT2D eigenvalue weighted by Gasteiger charge is -2.21. The van der Waals surface area contributed by atoms with Crippen molar-refractivity contribution in [2.75, 3.05) is 13.1 Å². The molecule has 0 radical (unpaired) electrons. The number of hydrogen-bond donors (Lipinski definition) is 2. The second-order valence-electron chi connectivity index (χ2n) is 5.89. The molecule has 2 rings (SSSR count). The van der Waals surface area contributed by atoms with Crippen LogP contribution in [0.4, 0.5) is 0 Å². The fourth-order valence-electron chi connectivity index (χ4n) is 2.35. The number of aromatic nitrogens is 2. The Bertz CT molecular complexity index is 438. The van der Waals surface area contributed by atoms with Crippen molar-refractivity contribution in [3.8, 4) is 0 Å². The summed E-state index contributed by atoms with van der Waals surface area (Å²) in [4.78, 5) is 12.2. The Morgan fingerprint density at radius 1 is 1.56 bits per heavy atom. The number of nitrogens with zero attached hydrogens (tertiary/aromatic N) is 2. The molecule has 1 aliphatic heterocycles. The van der Waals surface area contributed by atoms with Crippen LogP contribution in [0.3, 0.4) is 0 Å². The van der Waals surface area contributed by atoms with E-state index in [0.29, 0.717) is 5.56 Å². The average Bonchev–Trinajstić information content (AvgIpc) is 2.85. The van der Waals surface area contributed by atoms with Gasteiger partial charge in [0.1, 0.15) is 0 Å². The molecule has 1 saturated heterocycles. The van der Waals surface area contributed by atoms with Gasteiger partial charge in [0.05, 0.1) is 17.3 Å². The van der Waals surface area contributed by atoms with Crippen LogP contribution in [-0.4, -0.2) is 34.8 Å². The van der Waals surface area contributed by atoms with Crippen LogP contribution >= 0.6 is 0 Å². The fraction of sp³-hybridized carbons (Fsp3) is 0.692.